The SMILES string of the molecule is CS(=O)(=O)c1cc(F)cc(C2(N)CC2)c1. The van der Waals surface area contributed by atoms with Crippen LogP contribution in [0.4, 0.5) is 4.39 Å². The molecule has 0 saturated heterocycles. The Bertz CT molecular complexity index is 506. The van der Waals surface area contributed by atoms with Gasteiger partial charge in [-0.05, 0) is 36.6 Å². The van der Waals surface area contributed by atoms with E-state index in [0.717, 1.165) is 25.2 Å². The molecule has 0 radical (unpaired) electrons. The lowest BCUT2D eigenvalue weighted by molar-refractivity contribution is 0.592. The summed E-state index contributed by atoms with van der Waals surface area (Å²) in [5.74, 6) is -0.551. The van der Waals surface area contributed by atoms with E-state index in [-0.39, 0.29) is 4.90 Å². The lowest BCUT2D eigenvalue weighted by Gasteiger charge is -2.10. The van der Waals surface area contributed by atoms with E-state index in [2.05, 4.69) is 0 Å². The van der Waals surface area contributed by atoms with Gasteiger partial charge in [-0.2, -0.15) is 0 Å². The molecule has 0 spiro atoms. The molecule has 1 aliphatic carbocycles. The van der Waals surface area contributed by atoms with Crippen molar-refractivity contribution in [2.24, 2.45) is 5.73 Å². The van der Waals surface area contributed by atoms with Gasteiger partial charge < -0.3 is 5.73 Å². The summed E-state index contributed by atoms with van der Waals surface area (Å²) in [7, 11) is -3.38. The molecule has 3 nitrogen and oxygen atoms in total. The van der Waals surface area contributed by atoms with Crippen LogP contribution in [0.5, 0.6) is 0 Å². The summed E-state index contributed by atoms with van der Waals surface area (Å²) in [6, 6.07) is 3.79. The quantitative estimate of drug-likeness (QED) is 0.828. The van der Waals surface area contributed by atoms with Crippen molar-refractivity contribution in [3.63, 3.8) is 0 Å². The Balaban J connectivity index is 2.56. The molecule has 5 heteroatoms. The molecule has 2 rings (SSSR count). The van der Waals surface area contributed by atoms with Crippen LogP contribution >= 0.6 is 0 Å². The Morgan fingerprint density at radius 3 is 2.40 bits per heavy atom. The van der Waals surface area contributed by atoms with Crippen LogP contribution in [0.15, 0.2) is 23.1 Å². The molecule has 0 aliphatic heterocycles. The summed E-state index contributed by atoms with van der Waals surface area (Å²) < 4.78 is 35.8. The molecule has 1 saturated carbocycles. The summed E-state index contributed by atoms with van der Waals surface area (Å²) in [6.45, 7) is 0. The molecule has 0 aromatic heterocycles. The maximum absolute atomic E-state index is 13.2. The molecule has 1 aromatic carbocycles. The molecular weight excluding hydrogens is 217 g/mol. The van der Waals surface area contributed by atoms with Gasteiger partial charge in [0, 0.05) is 11.8 Å². The molecule has 1 fully saturated rings. The Morgan fingerprint density at radius 1 is 1.33 bits per heavy atom. The highest BCUT2D eigenvalue weighted by molar-refractivity contribution is 7.90. The van der Waals surface area contributed by atoms with Crippen LogP contribution in [0.3, 0.4) is 0 Å². The van der Waals surface area contributed by atoms with Gasteiger partial charge in [0.1, 0.15) is 5.82 Å². The smallest absolute Gasteiger partial charge is 0.175 e. The van der Waals surface area contributed by atoms with E-state index in [1.807, 2.05) is 0 Å². The van der Waals surface area contributed by atoms with Gasteiger partial charge >= 0.3 is 0 Å². The number of benzene rings is 1. The zero-order valence-corrected chi connectivity index (χ0v) is 9.14. The van der Waals surface area contributed by atoms with E-state index in [4.69, 9.17) is 5.73 Å². The summed E-state index contributed by atoms with van der Waals surface area (Å²) in [6.07, 6.45) is 2.61. The summed E-state index contributed by atoms with van der Waals surface area (Å²) in [5, 5.41) is 0. The van der Waals surface area contributed by atoms with E-state index >= 15 is 0 Å². The Hall–Kier alpha value is -0.940. The third kappa shape index (κ3) is 2.03. The standard InChI is InChI=1S/C10H12FNO2S/c1-15(13,14)9-5-7(4-8(11)6-9)10(12)2-3-10/h4-6H,2-3,12H2,1H3. The van der Waals surface area contributed by atoms with Crippen LogP contribution in [-0.4, -0.2) is 14.7 Å². The second kappa shape index (κ2) is 3.02. The first kappa shape index (κ1) is 10.6. The van der Waals surface area contributed by atoms with Crippen molar-refractivity contribution in [1.82, 2.24) is 0 Å². The highest BCUT2D eigenvalue weighted by Gasteiger charge is 2.40. The number of sulfone groups is 1. The van der Waals surface area contributed by atoms with Gasteiger partial charge in [-0.25, -0.2) is 12.8 Å². The lowest BCUT2D eigenvalue weighted by Crippen LogP contribution is -2.19. The normalized spacial score (nSPS) is 18.9. The van der Waals surface area contributed by atoms with Gasteiger partial charge in [-0.3, -0.25) is 0 Å². The van der Waals surface area contributed by atoms with E-state index in [0.29, 0.717) is 5.56 Å². The third-order valence-corrected chi connectivity index (χ3v) is 3.76. The zero-order valence-electron chi connectivity index (χ0n) is 8.33. The van der Waals surface area contributed by atoms with Crippen molar-refractivity contribution in [3.8, 4) is 0 Å². The van der Waals surface area contributed by atoms with Crippen LogP contribution in [0.2, 0.25) is 0 Å². The van der Waals surface area contributed by atoms with Gasteiger partial charge in [-0.1, -0.05) is 0 Å². The van der Waals surface area contributed by atoms with Gasteiger partial charge in [0.2, 0.25) is 0 Å². The Morgan fingerprint density at radius 2 is 1.93 bits per heavy atom. The third-order valence-electron chi connectivity index (χ3n) is 2.66. The van der Waals surface area contributed by atoms with Crippen molar-refractivity contribution >= 4 is 9.84 Å². The molecule has 82 valence electrons. The first-order valence-corrected chi connectivity index (χ1v) is 6.50. The van der Waals surface area contributed by atoms with Crippen molar-refractivity contribution in [2.75, 3.05) is 6.26 Å². The average molecular weight is 229 g/mol. The lowest BCUT2D eigenvalue weighted by atomic mass is 10.1. The number of hydrogen-bond donors (Lipinski definition) is 1. The maximum Gasteiger partial charge on any atom is 0.175 e. The van der Waals surface area contributed by atoms with Gasteiger partial charge in [0.05, 0.1) is 4.90 Å². The average Bonchev–Trinajstić information content (AvgIpc) is 2.82. The number of nitrogens with two attached hydrogens (primary N) is 1. The van der Waals surface area contributed by atoms with Crippen LogP contribution in [-0.2, 0) is 15.4 Å². The molecule has 0 amide bonds. The predicted octanol–water partition coefficient (Wildman–Crippen LogP) is 1.18. The molecule has 1 aliphatic rings. The molecule has 15 heavy (non-hydrogen) atoms. The highest BCUT2D eigenvalue weighted by atomic mass is 32.2. The summed E-state index contributed by atoms with van der Waals surface area (Å²) in [4.78, 5) is -0.00535. The highest BCUT2D eigenvalue weighted by Crippen LogP contribution is 2.43. The Kier molecular flexibility index (Phi) is 2.13. The Labute approximate surface area is 88.0 Å². The van der Waals surface area contributed by atoms with E-state index in [9.17, 15) is 12.8 Å². The van der Waals surface area contributed by atoms with Crippen molar-refractivity contribution in [3.05, 3.63) is 29.6 Å². The number of halogens is 1. The minimum absolute atomic E-state index is 0.00535. The van der Waals surface area contributed by atoms with Crippen molar-refractivity contribution < 1.29 is 12.8 Å². The zero-order chi connectivity index (χ0) is 11.3. The van der Waals surface area contributed by atoms with Crippen LogP contribution < -0.4 is 5.73 Å². The van der Waals surface area contributed by atoms with Crippen LogP contribution in [0.1, 0.15) is 18.4 Å². The second-order valence-electron chi connectivity index (χ2n) is 4.10. The fourth-order valence-corrected chi connectivity index (χ4v) is 2.16. The van der Waals surface area contributed by atoms with E-state index in [1.165, 1.54) is 12.1 Å². The maximum atomic E-state index is 13.2. The fourth-order valence-electron chi connectivity index (χ4n) is 1.49. The second-order valence-corrected chi connectivity index (χ2v) is 6.12. The summed E-state index contributed by atoms with van der Waals surface area (Å²) >= 11 is 0. The van der Waals surface area contributed by atoms with Crippen molar-refractivity contribution in [2.45, 2.75) is 23.3 Å². The van der Waals surface area contributed by atoms with E-state index in [1.54, 1.807) is 0 Å². The van der Waals surface area contributed by atoms with Gasteiger partial charge in [-0.15, -0.1) is 0 Å². The predicted molar refractivity (Wildman–Crippen MR) is 54.6 cm³/mol. The van der Waals surface area contributed by atoms with Gasteiger partial charge in [0.25, 0.3) is 0 Å². The number of hydrogen-bond acceptors (Lipinski definition) is 3. The van der Waals surface area contributed by atoms with Gasteiger partial charge in [0.15, 0.2) is 9.84 Å². The minimum Gasteiger partial charge on any atom is -0.321 e. The molecule has 0 bridgehead atoms. The topological polar surface area (TPSA) is 60.2 Å². The molecule has 1 aromatic rings. The van der Waals surface area contributed by atoms with E-state index < -0.39 is 21.2 Å². The first-order valence-electron chi connectivity index (χ1n) is 4.61. The number of rotatable bonds is 2. The molecular formula is C10H12FNO2S. The first-order chi connectivity index (χ1) is 6.81. The molecule has 0 atom stereocenters. The molecule has 0 heterocycles. The summed E-state index contributed by atoms with van der Waals surface area (Å²) in [5.41, 5.74) is 5.95. The molecule has 2 N–H and O–H groups in total. The van der Waals surface area contributed by atoms with Crippen LogP contribution in [0.25, 0.3) is 0 Å². The largest absolute Gasteiger partial charge is 0.321 e. The van der Waals surface area contributed by atoms with Crippen molar-refractivity contribution in [1.29, 1.82) is 0 Å². The monoisotopic (exact) mass is 229 g/mol. The molecule has 0 unspecified atom stereocenters. The minimum atomic E-state index is -3.38. The fraction of sp³-hybridized carbons (Fsp3) is 0.400. The van der Waals surface area contributed by atoms with Crippen LogP contribution in [0, 0.1) is 5.82 Å².